The monoisotopic (exact) mass is 547 g/mol. The van der Waals surface area contributed by atoms with E-state index in [1.807, 2.05) is 44.9 Å². The molecular formula is C22H38IN5O3. The van der Waals surface area contributed by atoms with Crippen LogP contribution < -0.4 is 16.4 Å². The molecule has 0 aliphatic rings. The number of alkyl carbamates (subject to hydrolysis) is 1. The molecule has 0 aromatic heterocycles. The van der Waals surface area contributed by atoms with E-state index < -0.39 is 17.6 Å². The van der Waals surface area contributed by atoms with Crippen molar-refractivity contribution < 1.29 is 14.3 Å². The van der Waals surface area contributed by atoms with E-state index in [1.165, 1.54) is 0 Å². The van der Waals surface area contributed by atoms with Crippen LogP contribution in [0.25, 0.3) is 0 Å². The molecule has 0 aliphatic carbocycles. The fraction of sp³-hybridized carbons (Fsp3) is 0.591. The molecule has 9 heteroatoms. The van der Waals surface area contributed by atoms with Crippen LogP contribution in [0.15, 0.2) is 29.3 Å². The van der Waals surface area contributed by atoms with Crippen LogP contribution in [0.3, 0.4) is 0 Å². The van der Waals surface area contributed by atoms with Gasteiger partial charge in [-0.05, 0) is 50.8 Å². The predicted octanol–water partition coefficient (Wildman–Crippen LogP) is 3.35. The first-order chi connectivity index (χ1) is 13.9. The number of benzene rings is 1. The molecule has 1 atom stereocenters. The average molecular weight is 547 g/mol. The van der Waals surface area contributed by atoms with Crippen LogP contribution in [0, 0.1) is 5.92 Å². The van der Waals surface area contributed by atoms with Crippen LogP contribution in [-0.2, 0) is 11.3 Å². The van der Waals surface area contributed by atoms with Gasteiger partial charge in [0.25, 0.3) is 0 Å². The smallest absolute Gasteiger partial charge is 0.407 e. The van der Waals surface area contributed by atoms with Crippen molar-refractivity contribution in [1.29, 1.82) is 0 Å². The molecule has 1 aromatic rings. The molecular weight excluding hydrogens is 509 g/mol. The van der Waals surface area contributed by atoms with Gasteiger partial charge in [0.05, 0.1) is 0 Å². The number of carbonyl (C=O) groups is 2. The SMILES string of the molecule is CN=C(NCc1ccc(C(N)=O)cc1)N(C)CCC(NC(=O)OC(C)(C)C)C(C)C.I. The van der Waals surface area contributed by atoms with Crippen molar-refractivity contribution in [3.05, 3.63) is 35.4 Å². The van der Waals surface area contributed by atoms with Gasteiger partial charge < -0.3 is 26.0 Å². The summed E-state index contributed by atoms with van der Waals surface area (Å²) in [5, 5.41) is 6.28. The summed E-state index contributed by atoms with van der Waals surface area (Å²) in [7, 11) is 3.68. The van der Waals surface area contributed by atoms with Gasteiger partial charge in [-0.15, -0.1) is 24.0 Å². The maximum atomic E-state index is 12.1. The molecule has 0 fully saturated rings. The first-order valence-corrected chi connectivity index (χ1v) is 10.2. The molecule has 1 rings (SSSR count). The summed E-state index contributed by atoms with van der Waals surface area (Å²) in [6.07, 6.45) is 0.354. The Hall–Kier alpha value is -2.04. The fourth-order valence-corrected chi connectivity index (χ4v) is 2.82. The second-order valence-corrected chi connectivity index (χ2v) is 8.67. The molecule has 0 saturated heterocycles. The number of aliphatic imine (C=N–C) groups is 1. The Morgan fingerprint density at radius 2 is 1.77 bits per heavy atom. The average Bonchev–Trinajstić information content (AvgIpc) is 2.64. The number of nitrogens with two attached hydrogens (primary N) is 1. The molecule has 0 heterocycles. The van der Waals surface area contributed by atoms with Crippen LogP contribution in [0.2, 0.25) is 0 Å². The lowest BCUT2D eigenvalue weighted by Gasteiger charge is -2.28. The maximum absolute atomic E-state index is 12.1. The summed E-state index contributed by atoms with van der Waals surface area (Å²) in [6.45, 7) is 11.0. The van der Waals surface area contributed by atoms with Gasteiger partial charge in [0.1, 0.15) is 5.60 Å². The van der Waals surface area contributed by atoms with Crippen molar-refractivity contribution in [3.8, 4) is 0 Å². The van der Waals surface area contributed by atoms with E-state index in [9.17, 15) is 9.59 Å². The number of halogens is 1. The van der Waals surface area contributed by atoms with Crippen LogP contribution >= 0.6 is 24.0 Å². The predicted molar refractivity (Wildman–Crippen MR) is 136 cm³/mol. The lowest BCUT2D eigenvalue weighted by Crippen LogP contribution is -2.45. The molecule has 0 saturated carbocycles. The van der Waals surface area contributed by atoms with Crippen molar-refractivity contribution in [1.82, 2.24) is 15.5 Å². The highest BCUT2D eigenvalue weighted by molar-refractivity contribution is 14.0. The number of ether oxygens (including phenoxy) is 1. The summed E-state index contributed by atoms with van der Waals surface area (Å²) in [5.74, 6) is 0.572. The van der Waals surface area contributed by atoms with Gasteiger partial charge in [0.15, 0.2) is 5.96 Å². The molecule has 176 valence electrons. The Morgan fingerprint density at radius 1 is 1.19 bits per heavy atom. The molecule has 2 amide bonds. The number of rotatable bonds is 8. The lowest BCUT2D eigenvalue weighted by atomic mass is 10.0. The molecule has 8 nitrogen and oxygen atoms in total. The van der Waals surface area contributed by atoms with Gasteiger partial charge in [-0.3, -0.25) is 9.79 Å². The third-order valence-electron chi connectivity index (χ3n) is 4.54. The maximum Gasteiger partial charge on any atom is 0.407 e. The topological polar surface area (TPSA) is 109 Å². The molecule has 31 heavy (non-hydrogen) atoms. The third kappa shape index (κ3) is 11.2. The van der Waals surface area contributed by atoms with Crippen molar-refractivity contribution >= 4 is 41.9 Å². The summed E-state index contributed by atoms with van der Waals surface area (Å²) in [4.78, 5) is 29.6. The van der Waals surface area contributed by atoms with Gasteiger partial charge in [-0.2, -0.15) is 0 Å². The quantitative estimate of drug-likeness (QED) is 0.263. The normalized spacial score (nSPS) is 12.6. The third-order valence-corrected chi connectivity index (χ3v) is 4.54. The van der Waals surface area contributed by atoms with Crippen LogP contribution in [0.4, 0.5) is 4.79 Å². The lowest BCUT2D eigenvalue weighted by molar-refractivity contribution is 0.0485. The number of nitrogens with one attached hydrogen (secondary N) is 2. The first kappa shape index (κ1) is 29.0. The minimum atomic E-state index is -0.524. The van der Waals surface area contributed by atoms with Crippen molar-refractivity contribution in [3.63, 3.8) is 0 Å². The Bertz CT molecular complexity index is 730. The molecule has 1 unspecified atom stereocenters. The zero-order valence-corrected chi connectivity index (χ0v) is 22.0. The molecule has 0 spiro atoms. The standard InChI is InChI=1S/C22H37N5O3.HI/c1-15(2)18(26-21(29)30-22(3,4)5)12-13-27(7)20(24-6)25-14-16-8-10-17(11-9-16)19(23)28;/h8-11,15,18H,12-14H2,1-7H3,(H2,23,28)(H,24,25)(H,26,29);1H. The van der Waals surface area contributed by atoms with Crippen LogP contribution in [0.5, 0.6) is 0 Å². The minimum Gasteiger partial charge on any atom is -0.444 e. The summed E-state index contributed by atoms with van der Waals surface area (Å²) in [6, 6.07) is 7.13. The van der Waals surface area contributed by atoms with E-state index in [0.29, 0.717) is 18.7 Å². The number of nitrogens with zero attached hydrogens (tertiary/aromatic N) is 2. The number of guanidine groups is 1. The first-order valence-electron chi connectivity index (χ1n) is 10.2. The van der Waals surface area contributed by atoms with Gasteiger partial charge in [-0.1, -0.05) is 26.0 Å². The highest BCUT2D eigenvalue weighted by Gasteiger charge is 2.22. The van der Waals surface area contributed by atoms with Gasteiger partial charge in [-0.25, -0.2) is 4.79 Å². The fourth-order valence-electron chi connectivity index (χ4n) is 2.82. The van der Waals surface area contributed by atoms with Crippen molar-refractivity contribution in [2.45, 2.75) is 59.2 Å². The number of primary amides is 1. The summed E-state index contributed by atoms with van der Waals surface area (Å²) >= 11 is 0. The van der Waals surface area contributed by atoms with Crippen LogP contribution in [-0.4, -0.2) is 55.1 Å². The largest absolute Gasteiger partial charge is 0.444 e. The van der Waals surface area contributed by atoms with E-state index in [1.54, 1.807) is 19.2 Å². The summed E-state index contributed by atoms with van der Waals surface area (Å²) < 4.78 is 5.38. The molecule has 0 aliphatic heterocycles. The summed E-state index contributed by atoms with van der Waals surface area (Å²) in [5.41, 5.74) is 6.25. The number of hydrogen-bond donors (Lipinski definition) is 3. The Balaban J connectivity index is 0.00000900. The van der Waals surface area contributed by atoms with Gasteiger partial charge in [0.2, 0.25) is 5.91 Å². The van der Waals surface area contributed by atoms with Gasteiger partial charge >= 0.3 is 6.09 Å². The highest BCUT2D eigenvalue weighted by atomic mass is 127. The second-order valence-electron chi connectivity index (χ2n) is 8.67. The van der Waals surface area contributed by atoms with Crippen LogP contribution in [0.1, 0.15) is 57.0 Å². The number of hydrogen-bond acceptors (Lipinski definition) is 4. The Kier molecular flexibility index (Phi) is 12.5. The van der Waals surface area contributed by atoms with E-state index >= 15 is 0 Å². The second kappa shape index (κ2) is 13.4. The Labute approximate surface area is 203 Å². The zero-order valence-electron chi connectivity index (χ0n) is 19.7. The van der Waals surface area contributed by atoms with Crippen molar-refractivity contribution in [2.24, 2.45) is 16.6 Å². The van der Waals surface area contributed by atoms with E-state index in [2.05, 4.69) is 29.5 Å². The van der Waals surface area contributed by atoms with E-state index in [0.717, 1.165) is 17.9 Å². The van der Waals surface area contributed by atoms with E-state index in [-0.39, 0.29) is 35.9 Å². The van der Waals surface area contributed by atoms with Crippen molar-refractivity contribution in [2.75, 3.05) is 20.6 Å². The van der Waals surface area contributed by atoms with Gasteiger partial charge in [0, 0.05) is 38.8 Å². The highest BCUT2D eigenvalue weighted by Crippen LogP contribution is 2.11. The number of carbonyl (C=O) groups excluding carboxylic acids is 2. The van der Waals surface area contributed by atoms with E-state index in [4.69, 9.17) is 10.5 Å². The Morgan fingerprint density at radius 3 is 2.23 bits per heavy atom. The molecule has 0 bridgehead atoms. The zero-order chi connectivity index (χ0) is 22.9. The molecule has 4 N–H and O–H groups in total. The minimum absolute atomic E-state index is 0. The molecule has 0 radical (unpaired) electrons. The number of amides is 2. The molecule has 1 aromatic carbocycles.